The first-order valence-electron chi connectivity index (χ1n) is 20.4. The number of pyridine rings is 2. The molecule has 2 aromatic heterocycles. The van der Waals surface area contributed by atoms with Crippen LogP contribution in [0.5, 0.6) is 0 Å². The second kappa shape index (κ2) is 21.6. The van der Waals surface area contributed by atoms with Crippen molar-refractivity contribution >= 4 is 61.0 Å². The summed E-state index contributed by atoms with van der Waals surface area (Å²) in [5.41, 5.74) is 18.2. The van der Waals surface area contributed by atoms with Gasteiger partial charge in [0, 0.05) is 58.0 Å². The molecule has 0 amide bonds. The third-order valence-corrected chi connectivity index (χ3v) is 12.8. The van der Waals surface area contributed by atoms with E-state index in [4.69, 9.17) is 38.0 Å². The fraction of sp³-hybridized carbons (Fsp3) is 0.349. The molecule has 4 aromatic rings. The highest BCUT2D eigenvalue weighted by atomic mass is 32.2. The van der Waals surface area contributed by atoms with Crippen molar-refractivity contribution in [3.05, 3.63) is 123 Å². The molecule has 63 heavy (non-hydrogen) atoms. The van der Waals surface area contributed by atoms with Crippen molar-refractivity contribution in [3.8, 4) is 12.1 Å². The number of ketones is 1. The summed E-state index contributed by atoms with van der Waals surface area (Å²) in [4.78, 5) is 39.4. The summed E-state index contributed by atoms with van der Waals surface area (Å²) >= 11 is 2.85. The average molecular weight is 935 g/mol. The van der Waals surface area contributed by atoms with Crippen LogP contribution < -0.4 is 17.2 Å². The van der Waals surface area contributed by atoms with E-state index in [0.717, 1.165) is 12.8 Å². The number of aromatic nitrogens is 2. The van der Waals surface area contributed by atoms with E-state index in [1.807, 2.05) is 12.1 Å². The fourth-order valence-corrected chi connectivity index (χ4v) is 9.84. The van der Waals surface area contributed by atoms with Gasteiger partial charge in [0.05, 0.1) is 23.5 Å². The smallest absolute Gasteiger partial charge is 0.354 e. The Morgan fingerprint density at radius 2 is 1.32 bits per heavy atom. The fourth-order valence-electron chi connectivity index (χ4n) is 7.40. The number of nitrogens with zero attached hydrogens (tertiary/aromatic N) is 6. The third-order valence-electron chi connectivity index (χ3n) is 10.5. The van der Waals surface area contributed by atoms with E-state index in [9.17, 15) is 31.5 Å². The highest BCUT2D eigenvalue weighted by Crippen LogP contribution is 2.59. The Balaban J connectivity index is 0.000000267. The van der Waals surface area contributed by atoms with Crippen molar-refractivity contribution in [1.82, 2.24) is 9.97 Å². The van der Waals surface area contributed by atoms with E-state index in [0.29, 0.717) is 38.7 Å². The molecule has 0 saturated heterocycles. The minimum Gasteiger partial charge on any atom is -0.477 e. The standard InChI is InChI=1S/C21H18F2N4OS.C12H13F2N3S.C8H6N2O2.CH3F.CH4.H3P/c1-11-4-13(8-24)9-26-19(11)17(28)6-12-2-3-16(23)14(5-12)21(10-22)15-7-18(15)29-20(25)27-21;13-5-12(7-3-6(15)1-2-9(7)14)8-4-10(8)18-11(16)17-12;1-5-2-6(3-9)4-10-7(5)8(11)12;1-2;;/h2-5,9,15,18H,6-7,10H2,1H3,(H2,25,27);1-3,8,10H,4-5,15H2,(H2,16,17);2,4H,1H3,(H,11,12);1H3;1H4;1H3/t15-,18?,21-;8-,10?,12-;;;;/m11..../s1/i;;;1D;;1T3. The van der Waals surface area contributed by atoms with Gasteiger partial charge >= 0.3 is 5.97 Å². The third kappa shape index (κ3) is 11.1. The van der Waals surface area contributed by atoms with Gasteiger partial charge in [-0.1, -0.05) is 37.0 Å². The lowest BCUT2D eigenvalue weighted by Crippen LogP contribution is -2.36. The quantitative estimate of drug-likeness (QED) is 0.0576. The van der Waals surface area contributed by atoms with Crippen LogP contribution in [0, 0.1) is 60.0 Å². The number of aliphatic imine (C=N–C) groups is 2. The monoisotopic (exact) mass is 934 g/mol. The first-order valence-corrected chi connectivity index (χ1v) is 20.1. The van der Waals surface area contributed by atoms with E-state index >= 15 is 0 Å². The number of alkyl halides is 3. The number of aryl methyl sites for hydroxylation is 2. The molecular weight excluding hydrogens is 881 g/mol. The van der Waals surface area contributed by atoms with Gasteiger partial charge in [-0.3, -0.25) is 14.2 Å². The lowest BCUT2D eigenvalue weighted by molar-refractivity contribution is 0.0689. The van der Waals surface area contributed by atoms with E-state index in [1.54, 1.807) is 19.9 Å². The number of nitrogen functional groups attached to an aromatic ring is 1. The predicted octanol–water partition coefficient (Wildman–Crippen LogP) is 7.70. The van der Waals surface area contributed by atoms with E-state index in [2.05, 4.69) is 20.0 Å². The molecule has 0 spiro atoms. The molecule has 334 valence electrons. The molecule has 2 saturated carbocycles. The number of benzene rings is 2. The number of carbonyl (C=O) groups is 2. The number of halogens is 5. The zero-order valence-electron chi connectivity index (χ0n) is 37.2. The summed E-state index contributed by atoms with van der Waals surface area (Å²) in [6, 6.07) is 15.4. The molecule has 0 bridgehead atoms. The zero-order chi connectivity index (χ0) is 49.1. The molecule has 2 aromatic carbocycles. The number of aromatic carboxylic acids is 1. The molecule has 0 radical (unpaired) electrons. The maximum Gasteiger partial charge on any atom is 0.354 e. The topological polar surface area (TPSA) is 231 Å². The number of hydrogen-bond acceptors (Lipinski definition) is 13. The number of carbonyl (C=O) groups excluding carboxylic acids is 1. The summed E-state index contributed by atoms with van der Waals surface area (Å²) in [5.74, 6) is -2.46. The minimum absolute atomic E-state index is 0. The van der Waals surface area contributed by atoms with Gasteiger partial charge in [-0.2, -0.15) is 20.3 Å². The molecule has 4 heterocycles. The van der Waals surface area contributed by atoms with E-state index in [1.165, 1.54) is 78.4 Å². The molecule has 2 fully saturated rings. The van der Waals surface area contributed by atoms with Crippen molar-refractivity contribution < 1.29 is 38.0 Å². The number of amidine groups is 2. The van der Waals surface area contributed by atoms with Crippen LogP contribution in [0.15, 0.2) is 70.9 Å². The van der Waals surface area contributed by atoms with Gasteiger partial charge < -0.3 is 22.3 Å². The Morgan fingerprint density at radius 1 is 0.873 bits per heavy atom. The van der Waals surface area contributed by atoms with Crippen LogP contribution >= 0.6 is 33.3 Å². The summed E-state index contributed by atoms with van der Waals surface area (Å²) in [6.07, 6.45) is 4.12. The first-order chi connectivity index (χ1) is 31.2. The summed E-state index contributed by atoms with van der Waals surface area (Å²) in [6.45, 7) is 1.72. The Hall–Kier alpha value is -5.62. The Kier molecular flexibility index (Phi) is 15.6. The number of anilines is 1. The van der Waals surface area contributed by atoms with Crippen molar-refractivity contribution in [1.29, 1.82) is 14.4 Å². The van der Waals surface area contributed by atoms with Crippen LogP contribution in [-0.4, -0.2) is 72.0 Å². The number of hydrogen-bond donors (Lipinski definition) is 4. The Labute approximate surface area is 378 Å². The van der Waals surface area contributed by atoms with E-state index in [-0.39, 0.29) is 69.6 Å². The molecular formula is C43H47F5N9O3PS2. The number of thioether (sulfide) groups is 2. The van der Waals surface area contributed by atoms with Gasteiger partial charge in [-0.25, -0.2) is 37.3 Å². The van der Waals surface area contributed by atoms with Crippen LogP contribution in [0.1, 0.15) is 81.6 Å². The highest BCUT2D eigenvalue weighted by Gasteiger charge is 2.59. The molecule has 4 aliphatic rings. The van der Waals surface area contributed by atoms with Gasteiger partial charge in [-0.15, -0.1) is 0 Å². The SMILES string of the molecule is C.Cc1cc(C#N)cnc1C(=O)Cc1ccc(F)c([C@@]2(CF)N=C(N)SC3C[C@H]32)c1.Cc1cc(C#N)cnc1C(=O)O.NC1=N[C@](CF)(c2cc(N)ccc2F)[C@@H]2CC2S1.[2H]CF.[3H]P([3H])[3H]. The molecule has 6 atom stereocenters. The normalized spacial score (nSPS) is 23.8. The van der Waals surface area contributed by atoms with E-state index < -0.39 is 58.9 Å². The maximum atomic E-state index is 14.7. The van der Waals surface area contributed by atoms with Crippen molar-refractivity contribution in [2.75, 3.05) is 26.2 Å². The number of nitriles is 2. The highest BCUT2D eigenvalue weighted by molar-refractivity contribution is 8.14. The van der Waals surface area contributed by atoms with Crippen LogP contribution in [0.25, 0.3) is 0 Å². The second-order valence-electron chi connectivity index (χ2n) is 14.5. The lowest BCUT2D eigenvalue weighted by atomic mass is 9.84. The average Bonchev–Trinajstić information content (AvgIpc) is 4.21. The van der Waals surface area contributed by atoms with Crippen LogP contribution in [0.4, 0.5) is 27.6 Å². The van der Waals surface area contributed by atoms with Crippen LogP contribution in [0.2, 0.25) is 0 Å². The van der Waals surface area contributed by atoms with Gasteiger partial charge in [0.1, 0.15) is 53.9 Å². The number of nitrogens with two attached hydrogens (primary N) is 3. The molecule has 8 rings (SSSR count). The molecule has 7 N–H and O–H groups in total. The number of Topliss-reactive ketones (excluding diaryl/α,β-unsaturated/α-hetero) is 1. The largest absolute Gasteiger partial charge is 0.477 e. The van der Waals surface area contributed by atoms with Crippen LogP contribution in [-0.2, 0) is 17.5 Å². The molecule has 2 aliphatic carbocycles. The number of rotatable bonds is 8. The van der Waals surface area contributed by atoms with Gasteiger partial charge in [0.2, 0.25) is 0 Å². The lowest BCUT2D eigenvalue weighted by Gasteiger charge is -2.31. The van der Waals surface area contributed by atoms with Crippen molar-refractivity contribution in [2.45, 2.75) is 62.1 Å². The Bertz CT molecular complexity index is 2590. The molecule has 2 aliphatic heterocycles. The predicted molar refractivity (Wildman–Crippen MR) is 242 cm³/mol. The number of fused-ring (bicyclic) bond motifs is 2. The number of carboxylic acids is 1. The molecule has 12 nitrogen and oxygen atoms in total. The maximum absolute atomic E-state index is 14.7. The van der Waals surface area contributed by atoms with Crippen molar-refractivity contribution in [2.24, 2.45) is 33.3 Å². The molecule has 20 heteroatoms. The molecule has 2 unspecified atom stereocenters. The zero-order valence-corrected chi connectivity index (χ0v) is 35.7. The summed E-state index contributed by atoms with van der Waals surface area (Å²) in [5, 5.41) is 27.0. The van der Waals surface area contributed by atoms with Gasteiger partial charge in [0.25, 0.3) is 0 Å². The number of carboxylic acid groups (broad SMARTS) is 1. The first kappa shape index (κ1) is 45.4. The minimum atomic E-state index is -1.87. The summed E-state index contributed by atoms with van der Waals surface area (Å²) < 4.78 is 89.9. The van der Waals surface area contributed by atoms with Gasteiger partial charge in [0.15, 0.2) is 21.8 Å². The summed E-state index contributed by atoms with van der Waals surface area (Å²) in [7, 11) is -2.87. The Morgan fingerprint density at radius 3 is 1.75 bits per heavy atom. The van der Waals surface area contributed by atoms with Crippen molar-refractivity contribution in [3.63, 3.8) is 0 Å². The second-order valence-corrected chi connectivity index (χ2v) is 17.0. The van der Waals surface area contributed by atoms with Gasteiger partial charge in [-0.05, 0) is 85.8 Å². The van der Waals surface area contributed by atoms with Crippen LogP contribution in [0.3, 0.4) is 0 Å².